The van der Waals surface area contributed by atoms with E-state index in [9.17, 15) is 13.2 Å². The lowest BCUT2D eigenvalue weighted by atomic mass is 10.2. The molecule has 40 heavy (non-hydrogen) atoms. The first kappa shape index (κ1) is 25.9. The number of nitrogens with zero attached hydrogens (tertiary/aromatic N) is 5. The molecule has 11 nitrogen and oxygen atoms in total. The summed E-state index contributed by atoms with van der Waals surface area (Å²) in [5.41, 5.74) is 2.05. The molecule has 12 heteroatoms. The molecule has 1 aliphatic heterocycles. The van der Waals surface area contributed by atoms with Gasteiger partial charge in [0.1, 0.15) is 17.9 Å². The van der Waals surface area contributed by atoms with Gasteiger partial charge in [-0.15, -0.1) is 10.2 Å². The van der Waals surface area contributed by atoms with E-state index in [1.165, 1.54) is 4.31 Å². The van der Waals surface area contributed by atoms with Crippen LogP contribution in [-0.4, -0.2) is 71.3 Å². The standard InChI is InChI=1S/C28H26N6O5S/c35-27(20-7-3-1-4-8-20)30-28-29-26-25(31-32-28)23-19-22(40(36,37)33-13-16-38-17-14-33)11-12-24(23)34(26)15-18-39-21-9-5-2-6-10-21/h1-12,19H,13-18H2,(H,29,30,32,35). The Balaban J connectivity index is 1.39. The number of sulfonamides is 1. The quantitative estimate of drug-likeness (QED) is 0.307. The zero-order chi connectivity index (χ0) is 27.5. The lowest BCUT2D eigenvalue weighted by molar-refractivity contribution is 0.0730. The van der Waals surface area contributed by atoms with Gasteiger partial charge < -0.3 is 14.0 Å². The Morgan fingerprint density at radius 1 is 0.950 bits per heavy atom. The SMILES string of the molecule is O=C(Nc1nnc2c3cc(S(=O)(=O)N4CCOCC4)ccc3n(CCOc3ccccc3)c2n1)c1ccccc1. The minimum absolute atomic E-state index is 0.0375. The number of morpholine rings is 1. The van der Waals surface area contributed by atoms with Crippen LogP contribution >= 0.6 is 0 Å². The molecule has 0 saturated carbocycles. The van der Waals surface area contributed by atoms with Gasteiger partial charge in [0, 0.05) is 24.0 Å². The molecule has 5 aromatic rings. The van der Waals surface area contributed by atoms with E-state index in [0.29, 0.717) is 61.6 Å². The highest BCUT2D eigenvalue weighted by molar-refractivity contribution is 7.89. The minimum atomic E-state index is -3.73. The van der Waals surface area contributed by atoms with E-state index in [1.54, 1.807) is 42.5 Å². The number of nitrogens with one attached hydrogen (secondary N) is 1. The largest absolute Gasteiger partial charge is 0.492 e. The number of hydrogen-bond acceptors (Lipinski definition) is 8. The number of benzene rings is 3. The van der Waals surface area contributed by atoms with E-state index in [0.717, 1.165) is 11.3 Å². The molecule has 1 aliphatic rings. The van der Waals surface area contributed by atoms with Crippen molar-refractivity contribution in [2.75, 3.05) is 38.2 Å². The Kier molecular flexibility index (Phi) is 7.11. The summed E-state index contributed by atoms with van der Waals surface area (Å²) < 4.78 is 41.3. The second-order valence-corrected chi connectivity index (χ2v) is 11.1. The molecule has 0 bridgehead atoms. The maximum atomic E-state index is 13.4. The van der Waals surface area contributed by atoms with Crippen LogP contribution in [-0.2, 0) is 21.3 Å². The van der Waals surface area contributed by atoms with E-state index >= 15 is 0 Å². The van der Waals surface area contributed by atoms with Gasteiger partial charge in [-0.25, -0.2) is 8.42 Å². The topological polar surface area (TPSA) is 129 Å². The van der Waals surface area contributed by atoms with Gasteiger partial charge >= 0.3 is 0 Å². The molecule has 2 aromatic heterocycles. The number of rotatable bonds is 8. The fourth-order valence-corrected chi connectivity index (χ4v) is 6.08. The average molecular weight is 559 g/mol. The molecule has 0 radical (unpaired) electrons. The van der Waals surface area contributed by atoms with Crippen LogP contribution in [0.15, 0.2) is 83.8 Å². The lowest BCUT2D eigenvalue weighted by Crippen LogP contribution is -2.40. The predicted octanol–water partition coefficient (Wildman–Crippen LogP) is 3.33. The second-order valence-electron chi connectivity index (χ2n) is 9.14. The fraction of sp³-hybridized carbons (Fsp3) is 0.214. The summed E-state index contributed by atoms with van der Waals surface area (Å²) in [6.07, 6.45) is 0. The van der Waals surface area contributed by atoms with Crippen LogP contribution < -0.4 is 10.1 Å². The van der Waals surface area contributed by atoms with Gasteiger partial charge in [-0.2, -0.15) is 9.29 Å². The number of para-hydroxylation sites is 1. The van der Waals surface area contributed by atoms with Crippen molar-refractivity contribution in [3.8, 4) is 5.75 Å². The first-order valence-corrected chi connectivity index (χ1v) is 14.2. The molecule has 1 N–H and O–H groups in total. The van der Waals surface area contributed by atoms with Crippen molar-refractivity contribution in [1.29, 1.82) is 0 Å². The summed E-state index contributed by atoms with van der Waals surface area (Å²) in [4.78, 5) is 17.5. The highest BCUT2D eigenvalue weighted by Gasteiger charge is 2.27. The molecule has 3 heterocycles. The van der Waals surface area contributed by atoms with Crippen LogP contribution in [0.4, 0.5) is 5.95 Å². The van der Waals surface area contributed by atoms with E-state index in [1.807, 2.05) is 41.0 Å². The Morgan fingerprint density at radius 3 is 2.42 bits per heavy atom. The summed E-state index contributed by atoms with van der Waals surface area (Å²) in [5, 5.41) is 11.8. The monoisotopic (exact) mass is 558 g/mol. The van der Waals surface area contributed by atoms with Crippen molar-refractivity contribution in [3.05, 3.63) is 84.4 Å². The molecule has 0 aliphatic carbocycles. The molecule has 0 atom stereocenters. The van der Waals surface area contributed by atoms with Crippen molar-refractivity contribution >= 4 is 43.9 Å². The smallest absolute Gasteiger partial charge is 0.258 e. The minimum Gasteiger partial charge on any atom is -0.492 e. The number of aromatic nitrogens is 4. The molecule has 1 saturated heterocycles. The molecule has 0 spiro atoms. The second kappa shape index (κ2) is 11.0. The van der Waals surface area contributed by atoms with Gasteiger partial charge in [0.2, 0.25) is 10.0 Å². The molecular formula is C28H26N6O5S. The van der Waals surface area contributed by atoms with Crippen molar-refractivity contribution in [2.24, 2.45) is 0 Å². The number of amides is 1. The highest BCUT2D eigenvalue weighted by atomic mass is 32.2. The van der Waals surface area contributed by atoms with Gasteiger partial charge in [0.15, 0.2) is 5.65 Å². The van der Waals surface area contributed by atoms with Crippen molar-refractivity contribution < 1.29 is 22.7 Å². The third kappa shape index (κ3) is 5.11. The van der Waals surface area contributed by atoms with Crippen LogP contribution in [0.3, 0.4) is 0 Å². The van der Waals surface area contributed by atoms with Crippen molar-refractivity contribution in [3.63, 3.8) is 0 Å². The first-order valence-electron chi connectivity index (χ1n) is 12.8. The van der Waals surface area contributed by atoms with Crippen molar-refractivity contribution in [1.82, 2.24) is 24.1 Å². The zero-order valence-electron chi connectivity index (χ0n) is 21.4. The Labute approximate surface area is 230 Å². The van der Waals surface area contributed by atoms with Crippen LogP contribution in [0.25, 0.3) is 22.1 Å². The predicted molar refractivity (Wildman–Crippen MR) is 149 cm³/mol. The summed E-state index contributed by atoms with van der Waals surface area (Å²) >= 11 is 0. The maximum absolute atomic E-state index is 13.4. The summed E-state index contributed by atoms with van der Waals surface area (Å²) in [5.74, 6) is 0.400. The normalized spacial score (nSPS) is 14.4. The molecular weight excluding hydrogens is 532 g/mol. The Bertz CT molecular complexity index is 1770. The van der Waals surface area contributed by atoms with Crippen LogP contribution in [0.1, 0.15) is 10.4 Å². The third-order valence-corrected chi connectivity index (χ3v) is 8.53. The molecule has 204 valence electrons. The van der Waals surface area contributed by atoms with E-state index in [2.05, 4.69) is 20.5 Å². The first-order chi connectivity index (χ1) is 19.5. The number of fused-ring (bicyclic) bond motifs is 3. The fourth-order valence-electron chi connectivity index (χ4n) is 4.65. The van der Waals surface area contributed by atoms with E-state index < -0.39 is 10.0 Å². The number of carbonyl (C=O) groups is 1. The zero-order valence-corrected chi connectivity index (χ0v) is 22.3. The Hall–Kier alpha value is -4.39. The average Bonchev–Trinajstić information content (AvgIpc) is 3.30. The number of hydrogen-bond donors (Lipinski definition) is 1. The van der Waals surface area contributed by atoms with E-state index in [4.69, 9.17) is 9.47 Å². The van der Waals surface area contributed by atoms with Crippen LogP contribution in [0.5, 0.6) is 5.75 Å². The Morgan fingerprint density at radius 2 is 1.68 bits per heavy atom. The van der Waals surface area contributed by atoms with Gasteiger partial charge in [-0.1, -0.05) is 36.4 Å². The van der Waals surface area contributed by atoms with Gasteiger partial charge in [-0.05, 0) is 42.5 Å². The van der Waals surface area contributed by atoms with E-state index in [-0.39, 0.29) is 16.8 Å². The summed E-state index contributed by atoms with van der Waals surface area (Å²) in [6.45, 7) is 2.03. The molecule has 3 aromatic carbocycles. The van der Waals surface area contributed by atoms with Gasteiger partial charge in [-0.3, -0.25) is 10.1 Å². The van der Waals surface area contributed by atoms with Crippen molar-refractivity contribution in [2.45, 2.75) is 11.4 Å². The molecule has 0 unspecified atom stereocenters. The number of carbonyl (C=O) groups excluding carboxylic acids is 1. The third-order valence-electron chi connectivity index (χ3n) is 6.63. The number of ether oxygens (including phenoxy) is 2. The molecule has 1 amide bonds. The molecule has 1 fully saturated rings. The van der Waals surface area contributed by atoms with Gasteiger partial charge in [0.25, 0.3) is 11.9 Å². The summed E-state index contributed by atoms with van der Waals surface area (Å²) in [7, 11) is -3.73. The summed E-state index contributed by atoms with van der Waals surface area (Å²) in [6, 6.07) is 23.1. The molecule has 6 rings (SSSR count). The lowest BCUT2D eigenvalue weighted by Gasteiger charge is -2.26. The highest BCUT2D eigenvalue weighted by Crippen LogP contribution is 2.30. The number of anilines is 1. The maximum Gasteiger partial charge on any atom is 0.258 e. The van der Waals surface area contributed by atoms with Crippen LogP contribution in [0, 0.1) is 0 Å². The van der Waals surface area contributed by atoms with Crippen LogP contribution in [0.2, 0.25) is 0 Å². The van der Waals surface area contributed by atoms with Gasteiger partial charge in [0.05, 0.1) is 30.2 Å².